The number of hydrogen-bond acceptors (Lipinski definition) is 3. The maximum Gasteiger partial charge on any atom is 0.251 e. The van der Waals surface area contributed by atoms with E-state index in [-0.39, 0.29) is 11.8 Å². The first kappa shape index (κ1) is 19.2. The van der Waals surface area contributed by atoms with Crippen molar-refractivity contribution in [2.45, 2.75) is 27.2 Å². The van der Waals surface area contributed by atoms with Crippen molar-refractivity contribution < 1.29 is 9.59 Å². The molecule has 0 saturated carbocycles. The molecule has 23 heavy (non-hydrogen) atoms. The van der Waals surface area contributed by atoms with Crippen LogP contribution in [-0.4, -0.2) is 61.9 Å². The number of carbonyl (C=O) groups is 2. The van der Waals surface area contributed by atoms with Crippen LogP contribution in [0.15, 0.2) is 18.2 Å². The smallest absolute Gasteiger partial charge is 0.251 e. The Morgan fingerprint density at radius 3 is 2.30 bits per heavy atom. The molecule has 0 aromatic heterocycles. The van der Waals surface area contributed by atoms with E-state index in [0.717, 1.165) is 18.5 Å². The van der Waals surface area contributed by atoms with Crippen molar-refractivity contribution in [1.29, 1.82) is 0 Å². The number of amides is 2. The van der Waals surface area contributed by atoms with E-state index in [0.29, 0.717) is 25.2 Å². The predicted octanol–water partition coefficient (Wildman–Crippen LogP) is 1.83. The largest absolute Gasteiger partial charge is 0.350 e. The van der Waals surface area contributed by atoms with Crippen molar-refractivity contribution in [3.63, 3.8) is 0 Å². The van der Waals surface area contributed by atoms with Crippen LogP contribution >= 0.6 is 0 Å². The average Bonchev–Trinajstić information content (AvgIpc) is 2.47. The first-order chi connectivity index (χ1) is 10.8. The van der Waals surface area contributed by atoms with Gasteiger partial charge in [-0.2, -0.15) is 0 Å². The van der Waals surface area contributed by atoms with Gasteiger partial charge in [-0.1, -0.05) is 6.07 Å². The first-order valence-corrected chi connectivity index (χ1v) is 8.07. The van der Waals surface area contributed by atoms with Crippen molar-refractivity contribution in [3.05, 3.63) is 34.9 Å². The summed E-state index contributed by atoms with van der Waals surface area (Å²) in [5, 5.41) is 2.89. The highest BCUT2D eigenvalue weighted by Gasteiger charge is 2.10. The third-order valence-corrected chi connectivity index (χ3v) is 3.92. The summed E-state index contributed by atoms with van der Waals surface area (Å²) < 4.78 is 0. The van der Waals surface area contributed by atoms with Crippen molar-refractivity contribution >= 4 is 11.8 Å². The molecule has 0 saturated heterocycles. The molecule has 0 fully saturated rings. The Hall–Kier alpha value is -1.88. The summed E-state index contributed by atoms with van der Waals surface area (Å²) in [6, 6.07) is 5.68. The van der Waals surface area contributed by atoms with Gasteiger partial charge in [-0.25, -0.2) is 0 Å². The molecule has 128 valence electrons. The number of hydrogen-bond donors (Lipinski definition) is 1. The molecule has 2 amide bonds. The summed E-state index contributed by atoms with van der Waals surface area (Å²) in [5.74, 6) is -0.0471. The SMILES string of the molecule is CC(=O)N(CCCN(C)C)CCNC(=O)c1ccc(C)c(C)c1. The predicted molar refractivity (Wildman–Crippen MR) is 93.7 cm³/mol. The lowest BCUT2D eigenvalue weighted by Gasteiger charge is -2.22. The molecule has 0 spiro atoms. The fraction of sp³-hybridized carbons (Fsp3) is 0.556. The molecule has 0 aliphatic carbocycles. The van der Waals surface area contributed by atoms with E-state index in [1.54, 1.807) is 11.8 Å². The summed E-state index contributed by atoms with van der Waals surface area (Å²) in [6.45, 7) is 8.25. The zero-order valence-electron chi connectivity index (χ0n) is 15.0. The fourth-order valence-electron chi connectivity index (χ4n) is 2.29. The highest BCUT2D eigenvalue weighted by molar-refractivity contribution is 5.94. The molecule has 0 aliphatic rings. The van der Waals surface area contributed by atoms with E-state index in [4.69, 9.17) is 0 Å². The van der Waals surface area contributed by atoms with Gasteiger partial charge in [0.1, 0.15) is 0 Å². The van der Waals surface area contributed by atoms with Crippen LogP contribution in [0.1, 0.15) is 34.8 Å². The minimum absolute atomic E-state index is 0.0455. The number of aryl methyl sites for hydroxylation is 2. The summed E-state index contributed by atoms with van der Waals surface area (Å²) in [7, 11) is 4.03. The van der Waals surface area contributed by atoms with Crippen molar-refractivity contribution in [2.75, 3.05) is 40.3 Å². The maximum atomic E-state index is 12.1. The van der Waals surface area contributed by atoms with E-state index in [1.807, 2.05) is 46.1 Å². The molecule has 0 heterocycles. The normalized spacial score (nSPS) is 10.7. The van der Waals surface area contributed by atoms with Gasteiger partial charge in [0, 0.05) is 32.1 Å². The third kappa shape index (κ3) is 6.82. The Morgan fingerprint density at radius 1 is 1.04 bits per heavy atom. The molecular formula is C18H29N3O2. The summed E-state index contributed by atoms with van der Waals surface area (Å²) in [4.78, 5) is 27.7. The van der Waals surface area contributed by atoms with Gasteiger partial charge in [0.25, 0.3) is 5.91 Å². The van der Waals surface area contributed by atoms with Gasteiger partial charge in [0.2, 0.25) is 5.91 Å². The second-order valence-electron chi connectivity index (χ2n) is 6.22. The Kier molecular flexibility index (Phi) is 7.75. The standard InChI is InChI=1S/C18H29N3O2/c1-14-7-8-17(13-15(14)2)18(23)19-9-12-21(16(3)22)11-6-10-20(4)5/h7-8,13H,6,9-12H2,1-5H3,(H,19,23). The third-order valence-electron chi connectivity index (χ3n) is 3.92. The van der Waals surface area contributed by atoms with Crippen LogP contribution in [0.5, 0.6) is 0 Å². The number of nitrogens with zero attached hydrogens (tertiary/aromatic N) is 2. The van der Waals surface area contributed by atoms with Crippen molar-refractivity contribution in [2.24, 2.45) is 0 Å². The van der Waals surface area contributed by atoms with Crippen LogP contribution in [0.4, 0.5) is 0 Å². The first-order valence-electron chi connectivity index (χ1n) is 8.07. The number of rotatable bonds is 8. The molecule has 1 rings (SSSR count). The van der Waals surface area contributed by atoms with Gasteiger partial charge in [0.15, 0.2) is 0 Å². The Balaban J connectivity index is 2.44. The van der Waals surface area contributed by atoms with Crippen LogP contribution in [0.25, 0.3) is 0 Å². The molecule has 0 unspecified atom stereocenters. The lowest BCUT2D eigenvalue weighted by Crippen LogP contribution is -2.38. The van der Waals surface area contributed by atoms with Crippen molar-refractivity contribution in [1.82, 2.24) is 15.1 Å². The molecule has 0 atom stereocenters. The lowest BCUT2D eigenvalue weighted by atomic mass is 10.1. The van der Waals surface area contributed by atoms with Gasteiger partial charge in [0.05, 0.1) is 0 Å². The molecule has 1 N–H and O–H groups in total. The zero-order valence-corrected chi connectivity index (χ0v) is 15.0. The minimum atomic E-state index is -0.0927. The van der Waals surface area contributed by atoms with E-state index in [1.165, 1.54) is 5.56 Å². The molecule has 5 heteroatoms. The number of carbonyl (C=O) groups excluding carboxylic acids is 2. The van der Waals surface area contributed by atoms with E-state index >= 15 is 0 Å². The molecular weight excluding hydrogens is 290 g/mol. The second-order valence-corrected chi connectivity index (χ2v) is 6.22. The Morgan fingerprint density at radius 2 is 1.74 bits per heavy atom. The average molecular weight is 319 g/mol. The lowest BCUT2D eigenvalue weighted by molar-refractivity contribution is -0.128. The summed E-state index contributed by atoms with van der Waals surface area (Å²) in [6.07, 6.45) is 0.928. The molecule has 1 aromatic rings. The van der Waals surface area contributed by atoms with Gasteiger partial charge in [-0.15, -0.1) is 0 Å². The van der Waals surface area contributed by atoms with Crippen LogP contribution in [0.2, 0.25) is 0 Å². The highest BCUT2D eigenvalue weighted by Crippen LogP contribution is 2.09. The van der Waals surface area contributed by atoms with Gasteiger partial charge in [-0.3, -0.25) is 9.59 Å². The monoisotopic (exact) mass is 319 g/mol. The minimum Gasteiger partial charge on any atom is -0.350 e. The molecule has 0 bridgehead atoms. The van der Waals surface area contributed by atoms with Gasteiger partial charge >= 0.3 is 0 Å². The van der Waals surface area contributed by atoms with E-state index in [9.17, 15) is 9.59 Å². The molecule has 5 nitrogen and oxygen atoms in total. The van der Waals surface area contributed by atoms with Gasteiger partial charge < -0.3 is 15.1 Å². The van der Waals surface area contributed by atoms with Gasteiger partial charge in [-0.05, 0) is 64.2 Å². The molecule has 0 aliphatic heterocycles. The van der Waals surface area contributed by atoms with Crippen LogP contribution < -0.4 is 5.32 Å². The Labute approximate surface area is 139 Å². The quantitative estimate of drug-likeness (QED) is 0.795. The summed E-state index contributed by atoms with van der Waals surface area (Å²) >= 11 is 0. The van der Waals surface area contributed by atoms with E-state index in [2.05, 4.69) is 10.2 Å². The highest BCUT2D eigenvalue weighted by atomic mass is 16.2. The zero-order chi connectivity index (χ0) is 17.4. The van der Waals surface area contributed by atoms with Crippen molar-refractivity contribution in [3.8, 4) is 0 Å². The molecule has 0 radical (unpaired) electrons. The maximum absolute atomic E-state index is 12.1. The van der Waals surface area contributed by atoms with Crippen LogP contribution in [0.3, 0.4) is 0 Å². The number of benzene rings is 1. The van der Waals surface area contributed by atoms with Crippen LogP contribution in [0, 0.1) is 13.8 Å². The Bertz CT molecular complexity index is 541. The van der Waals surface area contributed by atoms with E-state index < -0.39 is 0 Å². The fourth-order valence-corrected chi connectivity index (χ4v) is 2.29. The number of nitrogens with one attached hydrogen (secondary N) is 1. The topological polar surface area (TPSA) is 52.7 Å². The second kappa shape index (κ2) is 9.30. The molecule has 1 aromatic carbocycles. The summed E-state index contributed by atoms with van der Waals surface area (Å²) in [5.41, 5.74) is 2.94. The van der Waals surface area contributed by atoms with Crippen LogP contribution in [-0.2, 0) is 4.79 Å².